The van der Waals surface area contributed by atoms with Crippen molar-refractivity contribution in [3.63, 3.8) is 0 Å². The van der Waals surface area contributed by atoms with Gasteiger partial charge < -0.3 is 20.3 Å². The molecule has 7 nitrogen and oxygen atoms in total. The summed E-state index contributed by atoms with van der Waals surface area (Å²) in [6.07, 6.45) is 0.143. The van der Waals surface area contributed by atoms with Gasteiger partial charge in [-0.05, 0) is 75.1 Å². The van der Waals surface area contributed by atoms with E-state index in [-0.39, 0.29) is 24.3 Å². The Morgan fingerprint density at radius 3 is 2.11 bits per heavy atom. The number of nitrogens with one attached hydrogen (secondary N) is 2. The number of rotatable bonds is 10. The molecule has 3 amide bonds. The number of ether oxygens (including phenoxy) is 1. The monoisotopic (exact) mass is 593 g/mol. The number of fused-ring (bicyclic) bond motifs is 1. The van der Waals surface area contributed by atoms with E-state index in [0.717, 1.165) is 21.9 Å². The zero-order valence-corrected chi connectivity index (χ0v) is 26.5. The van der Waals surface area contributed by atoms with Gasteiger partial charge in [0.1, 0.15) is 17.7 Å². The van der Waals surface area contributed by atoms with Gasteiger partial charge in [0.05, 0.1) is 0 Å². The van der Waals surface area contributed by atoms with Gasteiger partial charge in [-0.3, -0.25) is 9.59 Å². The summed E-state index contributed by atoms with van der Waals surface area (Å²) in [5.74, 6) is -0.707. The van der Waals surface area contributed by atoms with Crippen LogP contribution in [-0.2, 0) is 20.7 Å². The van der Waals surface area contributed by atoms with E-state index in [1.165, 1.54) is 0 Å². The number of alkyl carbamates (subject to hydrolysis) is 1. The molecular weight excluding hydrogens is 550 g/mol. The van der Waals surface area contributed by atoms with Crippen molar-refractivity contribution in [2.45, 2.75) is 78.1 Å². The second-order valence-corrected chi connectivity index (χ2v) is 12.3. The lowest BCUT2D eigenvalue weighted by molar-refractivity contribution is -0.143. The molecule has 44 heavy (non-hydrogen) atoms. The van der Waals surface area contributed by atoms with E-state index in [1.807, 2.05) is 118 Å². The molecule has 3 atom stereocenters. The summed E-state index contributed by atoms with van der Waals surface area (Å²) in [6, 6.07) is 28.6. The normalized spacial score (nSPS) is 13.4. The fourth-order valence-electron chi connectivity index (χ4n) is 5.14. The van der Waals surface area contributed by atoms with Gasteiger partial charge in [-0.1, -0.05) is 97.4 Å². The molecule has 0 fully saturated rings. The molecule has 7 heteroatoms. The summed E-state index contributed by atoms with van der Waals surface area (Å²) < 4.78 is 5.54. The Labute approximate surface area is 260 Å². The molecule has 0 aliphatic carbocycles. The third-order valence-corrected chi connectivity index (χ3v) is 7.53. The first kappa shape index (κ1) is 32.3. The first-order chi connectivity index (χ1) is 20.9. The minimum absolute atomic E-state index is 0.235. The Balaban J connectivity index is 1.75. The SMILES string of the molecule is CCC(C)N(C(=O)C(Cc1ccccc1)NC(=O)OC(C)(C)C)C(C(=O)Nc1ccc2ccccc2c1)c1ccc(C)cc1. The van der Waals surface area contributed by atoms with Crippen molar-refractivity contribution in [1.29, 1.82) is 0 Å². The third-order valence-electron chi connectivity index (χ3n) is 7.53. The highest BCUT2D eigenvalue weighted by atomic mass is 16.6. The summed E-state index contributed by atoms with van der Waals surface area (Å²) in [5, 5.41) is 7.96. The zero-order chi connectivity index (χ0) is 31.9. The average molecular weight is 594 g/mol. The first-order valence-electron chi connectivity index (χ1n) is 15.2. The first-order valence-corrected chi connectivity index (χ1v) is 15.2. The van der Waals surface area contributed by atoms with Crippen LogP contribution in [-0.4, -0.2) is 40.5 Å². The van der Waals surface area contributed by atoms with Crippen LogP contribution in [0.5, 0.6) is 0 Å². The second-order valence-electron chi connectivity index (χ2n) is 12.3. The molecule has 4 aromatic rings. The molecule has 230 valence electrons. The van der Waals surface area contributed by atoms with Crippen LogP contribution >= 0.6 is 0 Å². The van der Waals surface area contributed by atoms with E-state index in [4.69, 9.17) is 4.74 Å². The number of amides is 3. The summed E-state index contributed by atoms with van der Waals surface area (Å²) in [7, 11) is 0. The Hall–Kier alpha value is -4.65. The number of aryl methyl sites for hydroxylation is 1. The van der Waals surface area contributed by atoms with Crippen LogP contribution in [0.25, 0.3) is 10.8 Å². The van der Waals surface area contributed by atoms with Crippen molar-refractivity contribution in [2.75, 3.05) is 5.32 Å². The number of anilines is 1. The molecule has 0 saturated carbocycles. The van der Waals surface area contributed by atoms with E-state index in [2.05, 4.69) is 10.6 Å². The highest BCUT2D eigenvalue weighted by Crippen LogP contribution is 2.29. The standard InChI is InChI=1S/C37H43N3O4/c1-7-26(3)40(35(42)32(23-27-13-9-8-10-14-27)39-36(43)44-37(4,5)6)33(29-19-17-25(2)18-20-29)34(41)38-31-22-21-28-15-11-12-16-30(28)24-31/h8-22,24,26,32-33H,7,23H2,1-6H3,(H,38,41)(H,39,43). The van der Waals surface area contributed by atoms with Crippen LogP contribution in [0.15, 0.2) is 97.1 Å². The van der Waals surface area contributed by atoms with Gasteiger partial charge in [0.25, 0.3) is 5.91 Å². The van der Waals surface area contributed by atoms with Crippen molar-refractivity contribution < 1.29 is 19.1 Å². The molecule has 0 saturated heterocycles. The van der Waals surface area contributed by atoms with Gasteiger partial charge in [-0.2, -0.15) is 0 Å². The third kappa shape index (κ3) is 8.47. The molecule has 0 heterocycles. The van der Waals surface area contributed by atoms with Crippen LogP contribution in [0.1, 0.15) is 63.8 Å². The van der Waals surface area contributed by atoms with Crippen LogP contribution < -0.4 is 10.6 Å². The molecule has 0 aliphatic rings. The van der Waals surface area contributed by atoms with Gasteiger partial charge in [0.2, 0.25) is 5.91 Å². The molecule has 4 aromatic carbocycles. The van der Waals surface area contributed by atoms with E-state index in [9.17, 15) is 14.4 Å². The number of nitrogens with zero attached hydrogens (tertiary/aromatic N) is 1. The second kappa shape index (κ2) is 14.2. The summed E-state index contributed by atoms with van der Waals surface area (Å²) in [6.45, 7) is 11.2. The van der Waals surface area contributed by atoms with Crippen molar-refractivity contribution in [2.24, 2.45) is 0 Å². The number of carbonyl (C=O) groups excluding carboxylic acids is 3. The number of benzene rings is 4. The summed E-state index contributed by atoms with van der Waals surface area (Å²) in [5.41, 5.74) is 2.48. The molecule has 0 aromatic heterocycles. The molecule has 0 radical (unpaired) electrons. The van der Waals surface area contributed by atoms with Crippen LogP contribution in [0.2, 0.25) is 0 Å². The highest BCUT2D eigenvalue weighted by molar-refractivity contribution is 6.00. The maximum Gasteiger partial charge on any atom is 0.408 e. The average Bonchev–Trinajstić information content (AvgIpc) is 2.99. The fourth-order valence-corrected chi connectivity index (χ4v) is 5.14. The Morgan fingerprint density at radius 2 is 1.48 bits per heavy atom. The largest absolute Gasteiger partial charge is 0.444 e. The van der Waals surface area contributed by atoms with Crippen molar-refractivity contribution in [1.82, 2.24) is 10.2 Å². The number of hydrogen-bond donors (Lipinski definition) is 2. The van der Waals surface area contributed by atoms with E-state index in [1.54, 1.807) is 25.7 Å². The van der Waals surface area contributed by atoms with Crippen molar-refractivity contribution in [3.8, 4) is 0 Å². The highest BCUT2D eigenvalue weighted by Gasteiger charge is 2.38. The van der Waals surface area contributed by atoms with Gasteiger partial charge >= 0.3 is 6.09 Å². The molecule has 3 unspecified atom stereocenters. The fraction of sp³-hybridized carbons (Fsp3) is 0.324. The number of hydrogen-bond acceptors (Lipinski definition) is 4. The smallest absolute Gasteiger partial charge is 0.408 e. The molecule has 2 N–H and O–H groups in total. The quantitative estimate of drug-likeness (QED) is 0.198. The van der Waals surface area contributed by atoms with Gasteiger partial charge in [-0.15, -0.1) is 0 Å². The molecule has 0 aliphatic heterocycles. The zero-order valence-electron chi connectivity index (χ0n) is 26.5. The maximum atomic E-state index is 14.6. The van der Waals surface area contributed by atoms with Crippen molar-refractivity contribution in [3.05, 3.63) is 114 Å². The summed E-state index contributed by atoms with van der Waals surface area (Å²) >= 11 is 0. The van der Waals surface area contributed by atoms with Gasteiger partial charge in [0.15, 0.2) is 0 Å². The van der Waals surface area contributed by atoms with Gasteiger partial charge in [-0.25, -0.2) is 4.79 Å². The predicted octanol–water partition coefficient (Wildman–Crippen LogP) is 7.59. The van der Waals surface area contributed by atoms with E-state index < -0.39 is 23.8 Å². The lowest BCUT2D eigenvalue weighted by Crippen LogP contribution is -2.55. The molecule has 0 spiro atoms. The van der Waals surface area contributed by atoms with E-state index >= 15 is 0 Å². The molecular formula is C37H43N3O4. The Morgan fingerprint density at radius 1 is 0.841 bits per heavy atom. The lowest BCUT2D eigenvalue weighted by atomic mass is 9.97. The summed E-state index contributed by atoms with van der Waals surface area (Å²) in [4.78, 5) is 43.5. The van der Waals surface area contributed by atoms with Crippen molar-refractivity contribution >= 4 is 34.4 Å². The number of carbonyl (C=O) groups is 3. The lowest BCUT2D eigenvalue weighted by Gasteiger charge is -2.38. The minimum Gasteiger partial charge on any atom is -0.444 e. The minimum atomic E-state index is -0.970. The Bertz CT molecular complexity index is 1580. The molecule has 4 rings (SSSR count). The molecule has 0 bridgehead atoms. The topological polar surface area (TPSA) is 87.7 Å². The van der Waals surface area contributed by atoms with Crippen LogP contribution in [0.3, 0.4) is 0 Å². The van der Waals surface area contributed by atoms with E-state index in [0.29, 0.717) is 17.7 Å². The Kier molecular flexibility index (Phi) is 10.4. The van der Waals surface area contributed by atoms with Gasteiger partial charge in [0, 0.05) is 18.2 Å². The van der Waals surface area contributed by atoms with Crippen LogP contribution in [0.4, 0.5) is 10.5 Å². The maximum absolute atomic E-state index is 14.6. The predicted molar refractivity (Wildman–Crippen MR) is 176 cm³/mol. The van der Waals surface area contributed by atoms with Crippen LogP contribution in [0, 0.1) is 6.92 Å².